The summed E-state index contributed by atoms with van der Waals surface area (Å²) in [6.07, 6.45) is 2.33. The molecule has 0 amide bonds. The Balaban J connectivity index is 0.00000192. The van der Waals surface area contributed by atoms with Crippen molar-refractivity contribution in [2.45, 2.75) is 13.3 Å². The fraction of sp³-hybridized carbons (Fsp3) is 0.176. The molecule has 0 aliphatic rings. The maximum atomic E-state index is 9.83. The normalized spacial score (nSPS) is 10.1. The Morgan fingerprint density at radius 2 is 2.17 bits per heavy atom. The van der Waals surface area contributed by atoms with Gasteiger partial charge in [0.15, 0.2) is 0 Å². The Kier molecular flexibility index (Phi) is 6.31. The zero-order chi connectivity index (χ0) is 15.4. The number of phenolic OH excluding ortho intramolecular Hbond substituents is 1. The van der Waals surface area contributed by atoms with Gasteiger partial charge in [0.25, 0.3) is 0 Å². The predicted octanol–water partition coefficient (Wildman–Crippen LogP) is 3.67. The third kappa shape index (κ3) is 4.18. The summed E-state index contributed by atoms with van der Waals surface area (Å²) in [7, 11) is 0. The monoisotopic (exact) mass is 383 g/mol. The Bertz CT molecular complexity index is 781. The molecule has 0 aliphatic carbocycles. The number of aromatic hydroxyl groups is 1. The molecule has 0 saturated heterocycles. The number of nitrogens with one attached hydrogen (secondary N) is 1. The molecule has 0 fully saturated rings. The van der Waals surface area contributed by atoms with Crippen LogP contribution in [0.4, 0.5) is 11.5 Å². The summed E-state index contributed by atoms with van der Waals surface area (Å²) in [5.41, 5.74) is 1.50. The van der Waals surface area contributed by atoms with Gasteiger partial charge in [0, 0.05) is 44.8 Å². The first-order valence-corrected chi connectivity index (χ1v) is 7.11. The van der Waals surface area contributed by atoms with Crippen molar-refractivity contribution in [1.29, 1.82) is 0 Å². The van der Waals surface area contributed by atoms with Gasteiger partial charge in [-0.15, -0.1) is 6.07 Å². The number of hydrogen-bond acceptors (Lipinski definition) is 5. The van der Waals surface area contributed by atoms with Crippen molar-refractivity contribution >= 4 is 22.4 Å². The van der Waals surface area contributed by atoms with Crippen LogP contribution in [0.3, 0.4) is 0 Å². The summed E-state index contributed by atoms with van der Waals surface area (Å²) in [6, 6.07) is 13.7. The van der Waals surface area contributed by atoms with E-state index in [0.717, 1.165) is 17.5 Å². The van der Waals surface area contributed by atoms with Crippen molar-refractivity contribution in [2.75, 3.05) is 11.9 Å². The van der Waals surface area contributed by atoms with Crippen LogP contribution >= 0.6 is 0 Å². The minimum Gasteiger partial charge on any atom is -0.508 e. The topological polar surface area (TPSA) is 67.3 Å². The number of hydrogen-bond donors (Lipinski definition) is 2. The first-order chi connectivity index (χ1) is 10.8. The molecule has 2 aromatic carbocycles. The van der Waals surface area contributed by atoms with Crippen LogP contribution in [0, 0.1) is 6.07 Å². The third-order valence-corrected chi connectivity index (χ3v) is 3.12. The Labute approximate surface area is 160 Å². The van der Waals surface area contributed by atoms with Gasteiger partial charge >= 0.3 is 0 Å². The smallest absolute Gasteiger partial charge is 0.136 e. The van der Waals surface area contributed by atoms with Crippen molar-refractivity contribution in [3.8, 4) is 11.5 Å². The van der Waals surface area contributed by atoms with Crippen molar-refractivity contribution in [1.82, 2.24) is 9.97 Å². The van der Waals surface area contributed by atoms with Crippen LogP contribution in [0.5, 0.6) is 11.5 Å². The van der Waals surface area contributed by atoms with E-state index < -0.39 is 0 Å². The summed E-state index contributed by atoms with van der Waals surface area (Å²) in [5.74, 6) is 1.33. The summed E-state index contributed by atoms with van der Waals surface area (Å²) in [5, 5.41) is 13.8. The molecule has 1 radical (unpaired) electrons. The average Bonchev–Trinajstić information content (AvgIpc) is 2.53. The zero-order valence-electron chi connectivity index (χ0n) is 12.8. The molecule has 0 aliphatic heterocycles. The van der Waals surface area contributed by atoms with Gasteiger partial charge in [-0.25, -0.2) is 9.97 Å². The number of aromatic nitrogens is 2. The fourth-order valence-electron chi connectivity index (χ4n) is 2.17. The maximum Gasteiger partial charge on any atom is 0.136 e. The number of fused-ring (bicyclic) bond motifs is 1. The van der Waals surface area contributed by atoms with Gasteiger partial charge in [0.05, 0.1) is 17.5 Å². The second-order valence-corrected chi connectivity index (χ2v) is 4.83. The summed E-state index contributed by atoms with van der Waals surface area (Å²) in [4.78, 5) is 8.52. The number of ether oxygens (including phenoxy) is 1. The van der Waals surface area contributed by atoms with Gasteiger partial charge in [-0.2, -0.15) is 24.3 Å². The largest absolute Gasteiger partial charge is 0.508 e. The number of rotatable bonds is 5. The molecule has 3 aromatic rings. The molecule has 23 heavy (non-hydrogen) atoms. The number of anilines is 2. The van der Waals surface area contributed by atoms with Crippen molar-refractivity contribution in [2.24, 2.45) is 0 Å². The average molecular weight is 383 g/mol. The molecule has 115 valence electrons. The van der Waals surface area contributed by atoms with E-state index in [-0.39, 0.29) is 38.5 Å². The Hall–Kier alpha value is -1.72. The molecule has 3 rings (SSSR count). The van der Waals surface area contributed by atoms with Crippen LogP contribution in [-0.2, 0) is 32.7 Å². The summed E-state index contributed by atoms with van der Waals surface area (Å²) >= 11 is 0. The number of benzene rings is 2. The minimum absolute atomic E-state index is 0. The fourth-order valence-corrected chi connectivity index (χ4v) is 2.17. The van der Waals surface area contributed by atoms with Crippen LogP contribution in [0.25, 0.3) is 10.9 Å². The molecule has 0 atom stereocenters. The van der Waals surface area contributed by atoms with Crippen LogP contribution in [-0.4, -0.2) is 21.7 Å². The second kappa shape index (κ2) is 8.22. The van der Waals surface area contributed by atoms with E-state index >= 15 is 0 Å². The third-order valence-electron chi connectivity index (χ3n) is 3.12. The van der Waals surface area contributed by atoms with Crippen molar-refractivity contribution in [3.05, 3.63) is 48.8 Å². The molecule has 2 N–H and O–H groups in total. The Morgan fingerprint density at radius 1 is 1.30 bits per heavy atom. The minimum atomic E-state index is 0. The van der Waals surface area contributed by atoms with Gasteiger partial charge in [-0.05, 0) is 6.42 Å². The molecule has 1 aromatic heterocycles. The molecule has 0 spiro atoms. The zero-order valence-corrected chi connectivity index (χ0v) is 15.6. The van der Waals surface area contributed by atoms with Crippen LogP contribution in [0.15, 0.2) is 42.7 Å². The first-order valence-electron chi connectivity index (χ1n) is 7.11. The van der Waals surface area contributed by atoms with Crippen molar-refractivity contribution in [3.63, 3.8) is 0 Å². The van der Waals surface area contributed by atoms with Gasteiger partial charge < -0.3 is 15.2 Å². The van der Waals surface area contributed by atoms with E-state index in [1.54, 1.807) is 12.1 Å². The van der Waals surface area contributed by atoms with Crippen molar-refractivity contribution < 1.29 is 42.6 Å². The van der Waals surface area contributed by atoms with Gasteiger partial charge in [-0.1, -0.05) is 12.6 Å². The number of nitrogens with zero attached hydrogens (tertiary/aromatic N) is 2. The molecule has 0 bridgehead atoms. The Morgan fingerprint density at radius 3 is 2.91 bits per heavy atom. The van der Waals surface area contributed by atoms with E-state index in [1.807, 2.05) is 31.2 Å². The van der Waals surface area contributed by atoms with Crippen LogP contribution < -0.4 is 10.1 Å². The molecule has 0 unspecified atom stereocenters. The van der Waals surface area contributed by atoms with E-state index in [0.29, 0.717) is 23.7 Å². The standard InChI is InChI=1S/C17H16N3O2.Y/c1-2-8-22-15-10-13(21)9-14-16(15)17(19-11-18-14)20-12-6-4-3-5-7-12;/h3-4,6-7,9-11,21H,2,8H2,1H3,(H,18,19,20);/q-1;. The molecular formula is C17H16N3O2Y-. The molecular weight excluding hydrogens is 367 g/mol. The molecule has 5 nitrogen and oxygen atoms in total. The van der Waals surface area contributed by atoms with Crippen LogP contribution in [0.1, 0.15) is 13.3 Å². The van der Waals surface area contributed by atoms with E-state index in [2.05, 4.69) is 21.4 Å². The molecule has 0 saturated carbocycles. The van der Waals surface area contributed by atoms with E-state index in [9.17, 15) is 5.11 Å². The van der Waals surface area contributed by atoms with E-state index in [1.165, 1.54) is 6.33 Å². The van der Waals surface area contributed by atoms with Gasteiger partial charge in [-0.3, -0.25) is 0 Å². The molecule has 6 heteroatoms. The van der Waals surface area contributed by atoms with E-state index in [4.69, 9.17) is 4.74 Å². The summed E-state index contributed by atoms with van der Waals surface area (Å²) < 4.78 is 5.74. The number of phenols is 1. The van der Waals surface area contributed by atoms with Gasteiger partial charge in [0.1, 0.15) is 23.6 Å². The van der Waals surface area contributed by atoms with Gasteiger partial charge in [0.2, 0.25) is 0 Å². The summed E-state index contributed by atoms with van der Waals surface area (Å²) in [6.45, 7) is 2.59. The maximum absolute atomic E-state index is 9.83. The van der Waals surface area contributed by atoms with Crippen LogP contribution in [0.2, 0.25) is 0 Å². The second-order valence-electron chi connectivity index (χ2n) is 4.83. The predicted molar refractivity (Wildman–Crippen MR) is 85.5 cm³/mol. The quantitative estimate of drug-likeness (QED) is 0.659. The molecule has 1 heterocycles. The first kappa shape index (κ1) is 17.6. The SMILES string of the molecule is CCCOc1cc(O)cc2ncnc(Nc3c[c-]ccc3)c12.[Y].